The van der Waals surface area contributed by atoms with E-state index in [4.69, 9.17) is 14.2 Å². The molecular formula is C23H30O5. The molecule has 2 rings (SSSR count). The molecule has 0 amide bonds. The fraction of sp³-hybridized carbons (Fsp3) is 0.478. The van der Waals surface area contributed by atoms with Crippen molar-refractivity contribution >= 4 is 11.9 Å². The molecule has 1 aliphatic carbocycles. The van der Waals surface area contributed by atoms with Crippen LogP contribution >= 0.6 is 0 Å². The lowest BCUT2D eigenvalue weighted by molar-refractivity contribution is -0.144. The van der Waals surface area contributed by atoms with Crippen molar-refractivity contribution in [1.29, 1.82) is 0 Å². The second-order valence-corrected chi connectivity index (χ2v) is 7.33. The number of rotatable bonds is 9. The topological polar surface area (TPSA) is 61.8 Å². The van der Waals surface area contributed by atoms with Crippen LogP contribution < -0.4 is 4.74 Å². The first kappa shape index (κ1) is 21.7. The lowest BCUT2D eigenvalue weighted by Gasteiger charge is -2.32. The number of methoxy groups -OCH3 is 1. The van der Waals surface area contributed by atoms with E-state index in [0.29, 0.717) is 24.7 Å². The molecule has 0 radical (unpaired) electrons. The van der Waals surface area contributed by atoms with E-state index >= 15 is 0 Å². The molecule has 1 aromatic rings. The molecule has 1 aliphatic rings. The fourth-order valence-electron chi connectivity index (χ4n) is 3.66. The molecule has 5 nitrogen and oxygen atoms in total. The molecule has 1 atom stereocenters. The smallest absolute Gasteiger partial charge is 0.333 e. The van der Waals surface area contributed by atoms with Crippen molar-refractivity contribution in [3.8, 4) is 5.75 Å². The van der Waals surface area contributed by atoms with Crippen LogP contribution in [0.5, 0.6) is 5.75 Å². The van der Waals surface area contributed by atoms with Gasteiger partial charge in [-0.25, -0.2) is 4.79 Å². The van der Waals surface area contributed by atoms with Crippen LogP contribution in [-0.2, 0) is 19.1 Å². The summed E-state index contributed by atoms with van der Waals surface area (Å²) in [5, 5.41) is 0. The van der Waals surface area contributed by atoms with E-state index in [-0.39, 0.29) is 23.8 Å². The average Bonchev–Trinajstić information content (AvgIpc) is 2.72. The maximum Gasteiger partial charge on any atom is 0.333 e. The van der Waals surface area contributed by atoms with Crippen LogP contribution in [0.15, 0.2) is 49.1 Å². The van der Waals surface area contributed by atoms with Crippen LogP contribution in [-0.4, -0.2) is 32.3 Å². The minimum Gasteiger partial charge on any atom is -0.490 e. The van der Waals surface area contributed by atoms with Gasteiger partial charge in [0.1, 0.15) is 12.4 Å². The van der Waals surface area contributed by atoms with Gasteiger partial charge < -0.3 is 14.2 Å². The van der Waals surface area contributed by atoms with Crippen molar-refractivity contribution < 1.29 is 23.8 Å². The van der Waals surface area contributed by atoms with Crippen molar-refractivity contribution in [1.82, 2.24) is 0 Å². The number of hydrogen-bond acceptors (Lipinski definition) is 5. The predicted molar refractivity (Wildman–Crippen MR) is 108 cm³/mol. The molecule has 0 heterocycles. The third kappa shape index (κ3) is 5.98. The van der Waals surface area contributed by atoms with E-state index in [1.54, 1.807) is 13.0 Å². The standard InChI is InChI=1S/C23H30O5/c1-5-14-27-20-12-10-19(11-13-20)21(23(25)26-4)18-8-6-17(7-9-18)15-28-22(24)16(2)3/h5,10-13,17-18,21H,1-2,6-9,14-15H2,3-4H3. The Morgan fingerprint density at radius 2 is 1.82 bits per heavy atom. The lowest BCUT2D eigenvalue weighted by atomic mass is 9.73. The predicted octanol–water partition coefficient (Wildman–Crippen LogP) is 4.43. The number of hydrogen-bond donors (Lipinski definition) is 0. The zero-order chi connectivity index (χ0) is 20.5. The third-order valence-electron chi connectivity index (χ3n) is 5.22. The highest BCUT2D eigenvalue weighted by Gasteiger charge is 2.34. The van der Waals surface area contributed by atoms with Gasteiger partial charge in [0.25, 0.3) is 0 Å². The van der Waals surface area contributed by atoms with E-state index in [2.05, 4.69) is 13.2 Å². The highest BCUT2D eigenvalue weighted by Crippen LogP contribution is 2.39. The molecule has 0 spiro atoms. The van der Waals surface area contributed by atoms with Gasteiger partial charge in [0.15, 0.2) is 0 Å². The molecule has 1 fully saturated rings. The first-order valence-electron chi connectivity index (χ1n) is 9.70. The van der Waals surface area contributed by atoms with Gasteiger partial charge >= 0.3 is 11.9 Å². The van der Waals surface area contributed by atoms with Crippen molar-refractivity contribution in [2.24, 2.45) is 11.8 Å². The molecular weight excluding hydrogens is 356 g/mol. The van der Waals surface area contributed by atoms with Gasteiger partial charge in [0.05, 0.1) is 19.6 Å². The maximum atomic E-state index is 12.5. The molecule has 0 saturated heterocycles. The Labute approximate surface area is 167 Å². The van der Waals surface area contributed by atoms with Crippen molar-refractivity contribution in [2.45, 2.75) is 38.5 Å². The average molecular weight is 386 g/mol. The summed E-state index contributed by atoms with van der Waals surface area (Å²) < 4.78 is 15.9. The Morgan fingerprint density at radius 1 is 1.18 bits per heavy atom. The number of ether oxygens (including phenoxy) is 3. The molecule has 1 unspecified atom stereocenters. The van der Waals surface area contributed by atoms with Crippen molar-refractivity contribution in [2.75, 3.05) is 20.3 Å². The highest BCUT2D eigenvalue weighted by atomic mass is 16.5. The molecule has 0 aliphatic heterocycles. The monoisotopic (exact) mass is 386 g/mol. The molecule has 0 N–H and O–H groups in total. The second kappa shape index (κ2) is 10.7. The van der Waals surface area contributed by atoms with Crippen LogP contribution in [0.25, 0.3) is 0 Å². The molecule has 0 aromatic heterocycles. The minimum atomic E-state index is -0.340. The summed E-state index contributed by atoms with van der Waals surface area (Å²) in [6, 6.07) is 7.61. The maximum absolute atomic E-state index is 12.5. The van der Waals surface area contributed by atoms with E-state index in [0.717, 1.165) is 37.0 Å². The highest BCUT2D eigenvalue weighted by molar-refractivity contribution is 5.86. The van der Waals surface area contributed by atoms with E-state index < -0.39 is 0 Å². The van der Waals surface area contributed by atoms with Gasteiger partial charge in [-0.1, -0.05) is 31.4 Å². The number of benzene rings is 1. The van der Waals surface area contributed by atoms with Gasteiger partial charge in [-0.05, 0) is 62.1 Å². The van der Waals surface area contributed by atoms with E-state index in [1.807, 2.05) is 24.3 Å². The van der Waals surface area contributed by atoms with E-state index in [9.17, 15) is 9.59 Å². The lowest BCUT2D eigenvalue weighted by Crippen LogP contribution is -2.28. The zero-order valence-corrected chi connectivity index (χ0v) is 16.8. The van der Waals surface area contributed by atoms with Gasteiger partial charge in [-0.3, -0.25) is 4.79 Å². The summed E-state index contributed by atoms with van der Waals surface area (Å²) in [7, 11) is 1.43. The Hall–Kier alpha value is -2.56. The Balaban J connectivity index is 1.99. The van der Waals surface area contributed by atoms with E-state index in [1.165, 1.54) is 7.11 Å². The second-order valence-electron chi connectivity index (χ2n) is 7.33. The molecule has 0 bridgehead atoms. The molecule has 5 heteroatoms. The molecule has 152 valence electrons. The molecule has 1 aromatic carbocycles. The summed E-state index contributed by atoms with van der Waals surface area (Å²) in [5.74, 6) is 0.436. The van der Waals surface area contributed by atoms with Crippen LogP contribution in [0.1, 0.15) is 44.1 Å². The number of carbonyl (C=O) groups excluding carboxylic acids is 2. The fourth-order valence-corrected chi connectivity index (χ4v) is 3.66. The third-order valence-corrected chi connectivity index (χ3v) is 5.22. The normalized spacial score (nSPS) is 19.9. The minimum absolute atomic E-state index is 0.209. The Kier molecular flexibility index (Phi) is 8.30. The summed E-state index contributed by atoms with van der Waals surface area (Å²) in [6.45, 7) is 9.74. The molecule has 1 saturated carbocycles. The van der Waals surface area contributed by atoms with Gasteiger partial charge in [-0.2, -0.15) is 0 Å². The summed E-state index contributed by atoms with van der Waals surface area (Å²) in [5.41, 5.74) is 1.36. The van der Waals surface area contributed by atoms with Crippen molar-refractivity contribution in [3.05, 3.63) is 54.6 Å². The van der Waals surface area contributed by atoms with Crippen LogP contribution in [0.3, 0.4) is 0 Å². The van der Waals surface area contributed by atoms with Crippen LogP contribution in [0.4, 0.5) is 0 Å². The first-order chi connectivity index (χ1) is 13.5. The number of carbonyl (C=O) groups is 2. The van der Waals surface area contributed by atoms with Crippen LogP contribution in [0.2, 0.25) is 0 Å². The number of esters is 2. The summed E-state index contributed by atoms with van der Waals surface area (Å²) in [4.78, 5) is 24.1. The van der Waals surface area contributed by atoms with Gasteiger partial charge in [0.2, 0.25) is 0 Å². The van der Waals surface area contributed by atoms with Crippen molar-refractivity contribution in [3.63, 3.8) is 0 Å². The Morgan fingerprint density at radius 3 is 2.36 bits per heavy atom. The van der Waals surface area contributed by atoms with Gasteiger partial charge in [-0.15, -0.1) is 0 Å². The van der Waals surface area contributed by atoms with Gasteiger partial charge in [0, 0.05) is 5.57 Å². The first-order valence-corrected chi connectivity index (χ1v) is 9.70. The molecule has 28 heavy (non-hydrogen) atoms. The Bertz CT molecular complexity index is 683. The SMILES string of the molecule is C=CCOc1ccc(C(C(=O)OC)C2CCC(COC(=O)C(=C)C)CC2)cc1. The van der Waals surface area contributed by atoms with Crippen LogP contribution in [0, 0.1) is 11.8 Å². The summed E-state index contributed by atoms with van der Waals surface area (Å²) >= 11 is 0. The zero-order valence-electron chi connectivity index (χ0n) is 16.8. The largest absolute Gasteiger partial charge is 0.490 e. The summed E-state index contributed by atoms with van der Waals surface area (Å²) in [6.07, 6.45) is 5.31. The quantitative estimate of drug-likeness (QED) is 0.357.